The SMILES string of the molecule is N#Cc1ccccc1N1CCN(Cc2cccc(OCC(N)=O)c2)CC1. The van der Waals surface area contributed by atoms with E-state index >= 15 is 0 Å². The fraction of sp³-hybridized carbons (Fsp3) is 0.300. The fourth-order valence-electron chi connectivity index (χ4n) is 3.14. The first-order chi connectivity index (χ1) is 12.7. The number of piperazine rings is 1. The van der Waals surface area contributed by atoms with Gasteiger partial charge in [-0.25, -0.2) is 0 Å². The van der Waals surface area contributed by atoms with Crippen LogP contribution in [-0.4, -0.2) is 43.6 Å². The standard InChI is InChI=1S/C20H22N4O2/c21-13-17-5-1-2-7-19(17)24-10-8-23(9-11-24)14-16-4-3-6-18(12-16)26-15-20(22)25/h1-7,12H,8-11,14-15H2,(H2,22,25). The van der Waals surface area contributed by atoms with Gasteiger partial charge in [0.05, 0.1) is 11.3 Å². The summed E-state index contributed by atoms with van der Waals surface area (Å²) in [5.74, 6) is 0.173. The molecular formula is C20H22N4O2. The third-order valence-corrected chi connectivity index (χ3v) is 4.42. The summed E-state index contributed by atoms with van der Waals surface area (Å²) in [7, 11) is 0. The van der Waals surface area contributed by atoms with E-state index in [9.17, 15) is 10.1 Å². The van der Waals surface area contributed by atoms with Crippen LogP contribution in [0, 0.1) is 11.3 Å². The summed E-state index contributed by atoms with van der Waals surface area (Å²) in [4.78, 5) is 15.5. The van der Waals surface area contributed by atoms with Crippen molar-refractivity contribution in [2.45, 2.75) is 6.54 Å². The minimum atomic E-state index is -0.482. The average molecular weight is 350 g/mol. The first-order valence-corrected chi connectivity index (χ1v) is 8.62. The number of benzene rings is 2. The molecule has 0 saturated carbocycles. The molecule has 0 aromatic heterocycles. The number of primary amides is 1. The van der Waals surface area contributed by atoms with Crippen molar-refractivity contribution < 1.29 is 9.53 Å². The third-order valence-electron chi connectivity index (χ3n) is 4.42. The molecule has 6 nitrogen and oxygen atoms in total. The number of para-hydroxylation sites is 1. The van der Waals surface area contributed by atoms with Crippen molar-refractivity contribution in [2.75, 3.05) is 37.7 Å². The molecule has 1 saturated heterocycles. The quantitative estimate of drug-likeness (QED) is 0.858. The Morgan fingerprint density at radius 3 is 2.62 bits per heavy atom. The molecule has 0 radical (unpaired) electrons. The Kier molecular flexibility index (Phi) is 5.72. The number of amides is 1. The van der Waals surface area contributed by atoms with Crippen molar-refractivity contribution in [1.82, 2.24) is 4.90 Å². The summed E-state index contributed by atoms with van der Waals surface area (Å²) in [6.45, 7) is 4.33. The van der Waals surface area contributed by atoms with Crippen LogP contribution in [0.1, 0.15) is 11.1 Å². The van der Waals surface area contributed by atoms with Gasteiger partial charge in [0.25, 0.3) is 5.91 Å². The summed E-state index contributed by atoms with van der Waals surface area (Å²) < 4.78 is 5.37. The van der Waals surface area contributed by atoms with E-state index in [0.29, 0.717) is 5.75 Å². The highest BCUT2D eigenvalue weighted by atomic mass is 16.5. The predicted octanol–water partition coefficient (Wildman–Crippen LogP) is 1.74. The number of ether oxygens (including phenoxy) is 1. The molecule has 2 aromatic rings. The molecule has 0 spiro atoms. The van der Waals surface area contributed by atoms with E-state index < -0.39 is 5.91 Å². The number of hydrogen-bond donors (Lipinski definition) is 1. The molecule has 6 heteroatoms. The number of nitrogens with zero attached hydrogens (tertiary/aromatic N) is 3. The number of nitriles is 1. The molecule has 1 amide bonds. The molecule has 0 bridgehead atoms. The number of rotatable bonds is 6. The van der Waals surface area contributed by atoms with Gasteiger partial charge in [-0.15, -0.1) is 0 Å². The zero-order valence-corrected chi connectivity index (χ0v) is 14.6. The number of anilines is 1. The van der Waals surface area contributed by atoms with Crippen LogP contribution in [0.15, 0.2) is 48.5 Å². The maximum atomic E-state index is 10.8. The van der Waals surface area contributed by atoms with E-state index in [4.69, 9.17) is 10.5 Å². The van der Waals surface area contributed by atoms with Crippen LogP contribution in [0.3, 0.4) is 0 Å². The Labute approximate surface area is 153 Å². The lowest BCUT2D eigenvalue weighted by Crippen LogP contribution is -2.46. The van der Waals surface area contributed by atoms with E-state index in [-0.39, 0.29) is 6.61 Å². The zero-order valence-electron chi connectivity index (χ0n) is 14.6. The molecule has 0 atom stereocenters. The van der Waals surface area contributed by atoms with Crippen LogP contribution in [-0.2, 0) is 11.3 Å². The Bertz CT molecular complexity index is 807. The topological polar surface area (TPSA) is 82.6 Å². The normalized spacial score (nSPS) is 14.7. The molecule has 26 heavy (non-hydrogen) atoms. The van der Waals surface area contributed by atoms with Gasteiger partial charge in [-0.3, -0.25) is 9.69 Å². The lowest BCUT2D eigenvalue weighted by Gasteiger charge is -2.36. The maximum Gasteiger partial charge on any atom is 0.255 e. The molecule has 0 unspecified atom stereocenters. The Balaban J connectivity index is 1.57. The van der Waals surface area contributed by atoms with Crippen LogP contribution < -0.4 is 15.4 Å². The van der Waals surface area contributed by atoms with Crippen LogP contribution in [0.2, 0.25) is 0 Å². The molecule has 1 aliphatic heterocycles. The Morgan fingerprint density at radius 1 is 1.12 bits per heavy atom. The molecule has 2 N–H and O–H groups in total. The highest BCUT2D eigenvalue weighted by Crippen LogP contribution is 2.22. The molecule has 1 heterocycles. The molecular weight excluding hydrogens is 328 g/mol. The van der Waals surface area contributed by atoms with Crippen molar-refractivity contribution in [3.8, 4) is 11.8 Å². The monoisotopic (exact) mass is 350 g/mol. The van der Waals surface area contributed by atoms with Gasteiger partial charge in [-0.1, -0.05) is 24.3 Å². The highest BCUT2D eigenvalue weighted by Gasteiger charge is 2.19. The first kappa shape index (κ1) is 17.8. The van der Waals surface area contributed by atoms with Gasteiger partial charge in [0, 0.05) is 32.7 Å². The minimum absolute atomic E-state index is 0.111. The smallest absolute Gasteiger partial charge is 0.255 e. The second-order valence-corrected chi connectivity index (χ2v) is 6.29. The van der Waals surface area contributed by atoms with Gasteiger partial charge in [0.15, 0.2) is 6.61 Å². The number of hydrogen-bond acceptors (Lipinski definition) is 5. The molecule has 0 aliphatic carbocycles. The van der Waals surface area contributed by atoms with Gasteiger partial charge in [0.2, 0.25) is 0 Å². The predicted molar refractivity (Wildman–Crippen MR) is 99.8 cm³/mol. The molecule has 1 aliphatic rings. The number of nitrogens with two attached hydrogens (primary N) is 1. The van der Waals surface area contributed by atoms with Crippen molar-refractivity contribution >= 4 is 11.6 Å². The first-order valence-electron chi connectivity index (χ1n) is 8.62. The van der Waals surface area contributed by atoms with E-state index in [0.717, 1.165) is 49.5 Å². The Morgan fingerprint density at radius 2 is 1.88 bits per heavy atom. The summed E-state index contributed by atoms with van der Waals surface area (Å²) in [5, 5.41) is 9.27. The lowest BCUT2D eigenvalue weighted by molar-refractivity contribution is -0.119. The summed E-state index contributed by atoms with van der Waals surface area (Å²) in [6, 6.07) is 17.7. The van der Waals surface area contributed by atoms with E-state index in [2.05, 4.69) is 21.9 Å². The Hall–Kier alpha value is -3.04. The molecule has 2 aromatic carbocycles. The van der Waals surface area contributed by atoms with Crippen molar-refractivity contribution in [2.24, 2.45) is 5.73 Å². The number of carbonyl (C=O) groups is 1. The van der Waals surface area contributed by atoms with E-state index in [1.54, 1.807) is 0 Å². The van der Waals surface area contributed by atoms with Gasteiger partial charge in [-0.2, -0.15) is 5.26 Å². The largest absolute Gasteiger partial charge is 0.484 e. The minimum Gasteiger partial charge on any atom is -0.484 e. The summed E-state index contributed by atoms with van der Waals surface area (Å²) in [5.41, 5.74) is 7.98. The number of carbonyl (C=O) groups excluding carboxylic acids is 1. The zero-order chi connectivity index (χ0) is 18.4. The average Bonchev–Trinajstić information content (AvgIpc) is 2.67. The van der Waals surface area contributed by atoms with Gasteiger partial charge in [0.1, 0.15) is 11.8 Å². The summed E-state index contributed by atoms with van der Waals surface area (Å²) >= 11 is 0. The van der Waals surface area contributed by atoms with E-state index in [1.165, 1.54) is 0 Å². The second kappa shape index (κ2) is 8.37. The molecule has 1 fully saturated rings. The summed E-state index contributed by atoms with van der Waals surface area (Å²) in [6.07, 6.45) is 0. The molecule has 134 valence electrons. The second-order valence-electron chi connectivity index (χ2n) is 6.29. The van der Waals surface area contributed by atoms with Gasteiger partial charge >= 0.3 is 0 Å². The van der Waals surface area contributed by atoms with Crippen molar-refractivity contribution in [3.63, 3.8) is 0 Å². The van der Waals surface area contributed by atoms with Crippen LogP contribution >= 0.6 is 0 Å². The van der Waals surface area contributed by atoms with Crippen molar-refractivity contribution in [1.29, 1.82) is 5.26 Å². The van der Waals surface area contributed by atoms with Gasteiger partial charge in [-0.05, 0) is 29.8 Å². The van der Waals surface area contributed by atoms with Gasteiger partial charge < -0.3 is 15.4 Å². The highest BCUT2D eigenvalue weighted by molar-refractivity contribution is 5.75. The molecule has 3 rings (SSSR count). The lowest BCUT2D eigenvalue weighted by atomic mass is 10.1. The van der Waals surface area contributed by atoms with Crippen LogP contribution in [0.25, 0.3) is 0 Å². The van der Waals surface area contributed by atoms with Crippen molar-refractivity contribution in [3.05, 3.63) is 59.7 Å². The fourth-order valence-corrected chi connectivity index (χ4v) is 3.14. The van der Waals surface area contributed by atoms with E-state index in [1.807, 2.05) is 42.5 Å². The van der Waals surface area contributed by atoms with Crippen LogP contribution in [0.5, 0.6) is 5.75 Å². The maximum absolute atomic E-state index is 10.8. The van der Waals surface area contributed by atoms with Crippen LogP contribution in [0.4, 0.5) is 5.69 Å². The third kappa shape index (κ3) is 4.52.